The summed E-state index contributed by atoms with van der Waals surface area (Å²) >= 11 is 0. The Balaban J connectivity index is 2.44. The molecule has 0 aliphatic carbocycles. The van der Waals surface area contributed by atoms with E-state index in [0.717, 1.165) is 0 Å². The summed E-state index contributed by atoms with van der Waals surface area (Å²) in [6.45, 7) is 1.75. The Hall–Kier alpha value is -1.84. The topological polar surface area (TPSA) is 63.4 Å². The summed E-state index contributed by atoms with van der Waals surface area (Å²) in [5, 5.41) is 0. The van der Waals surface area contributed by atoms with Crippen molar-refractivity contribution >= 4 is 23.2 Å². The molecule has 15 heavy (non-hydrogen) atoms. The highest BCUT2D eigenvalue weighted by molar-refractivity contribution is 6.22. The van der Waals surface area contributed by atoms with E-state index in [0.29, 0.717) is 11.4 Å². The van der Waals surface area contributed by atoms with Crippen molar-refractivity contribution in [1.82, 2.24) is 0 Å². The molecule has 2 N–H and O–H groups in total. The van der Waals surface area contributed by atoms with Crippen LogP contribution in [-0.4, -0.2) is 11.8 Å². The first-order chi connectivity index (χ1) is 7.11. The molecule has 1 unspecified atom stereocenters. The number of hydrogen-bond acceptors (Lipinski definition) is 3. The highest BCUT2D eigenvalue weighted by Gasteiger charge is 2.37. The lowest BCUT2D eigenvalue weighted by Gasteiger charge is -2.16. The van der Waals surface area contributed by atoms with Crippen LogP contribution in [-0.2, 0) is 9.59 Å². The summed E-state index contributed by atoms with van der Waals surface area (Å²) in [6.07, 6.45) is 0.271. The second-order valence-corrected chi connectivity index (χ2v) is 3.73. The third kappa shape index (κ3) is 1.48. The number of benzene rings is 1. The summed E-state index contributed by atoms with van der Waals surface area (Å²) in [7, 11) is 0. The van der Waals surface area contributed by atoms with Crippen LogP contribution in [0.2, 0.25) is 0 Å². The molecule has 1 aliphatic rings. The summed E-state index contributed by atoms with van der Waals surface area (Å²) in [5.41, 5.74) is 6.67. The van der Waals surface area contributed by atoms with E-state index in [4.69, 9.17) is 5.73 Å². The van der Waals surface area contributed by atoms with E-state index in [1.165, 1.54) is 4.90 Å². The summed E-state index contributed by atoms with van der Waals surface area (Å²) in [4.78, 5) is 24.5. The van der Waals surface area contributed by atoms with Gasteiger partial charge in [-0.3, -0.25) is 9.59 Å². The highest BCUT2D eigenvalue weighted by Crippen LogP contribution is 2.29. The van der Waals surface area contributed by atoms with Gasteiger partial charge in [0, 0.05) is 12.3 Å². The number of carbonyl (C=O) groups excluding carboxylic acids is 2. The molecule has 4 nitrogen and oxygen atoms in total. The van der Waals surface area contributed by atoms with Gasteiger partial charge < -0.3 is 5.73 Å². The molecule has 1 fully saturated rings. The molecule has 0 bridgehead atoms. The maximum absolute atomic E-state index is 11.7. The van der Waals surface area contributed by atoms with Crippen LogP contribution in [0.25, 0.3) is 0 Å². The molecule has 0 radical (unpaired) electrons. The number of nitrogens with zero attached hydrogens (tertiary/aromatic N) is 1. The Kier molecular flexibility index (Phi) is 2.19. The molecule has 1 saturated heterocycles. The van der Waals surface area contributed by atoms with Crippen LogP contribution >= 0.6 is 0 Å². The third-order valence-corrected chi connectivity index (χ3v) is 2.55. The quantitative estimate of drug-likeness (QED) is 0.551. The number of nitrogens with two attached hydrogens (primary N) is 1. The van der Waals surface area contributed by atoms with Crippen LogP contribution in [0.4, 0.5) is 11.4 Å². The van der Waals surface area contributed by atoms with Crippen LogP contribution in [0, 0.1) is 5.92 Å². The zero-order chi connectivity index (χ0) is 11.0. The van der Waals surface area contributed by atoms with Crippen LogP contribution in [0.5, 0.6) is 0 Å². The number of anilines is 2. The minimum atomic E-state index is -0.239. The number of rotatable bonds is 1. The lowest BCUT2D eigenvalue weighted by molar-refractivity contribution is -0.122. The van der Waals surface area contributed by atoms with Gasteiger partial charge in [-0.15, -0.1) is 0 Å². The van der Waals surface area contributed by atoms with Crippen molar-refractivity contribution in [2.45, 2.75) is 13.3 Å². The van der Waals surface area contributed by atoms with Crippen LogP contribution in [0.3, 0.4) is 0 Å². The zero-order valence-corrected chi connectivity index (χ0v) is 8.43. The normalized spacial score (nSPS) is 21.1. The molecular weight excluding hydrogens is 192 g/mol. The first-order valence-electron chi connectivity index (χ1n) is 4.82. The van der Waals surface area contributed by atoms with Crippen molar-refractivity contribution in [3.8, 4) is 0 Å². The van der Waals surface area contributed by atoms with Gasteiger partial charge in [0.05, 0.1) is 11.4 Å². The van der Waals surface area contributed by atoms with Crippen molar-refractivity contribution < 1.29 is 9.59 Å². The molecule has 1 aromatic rings. The largest absolute Gasteiger partial charge is 0.397 e. The third-order valence-electron chi connectivity index (χ3n) is 2.55. The molecule has 1 heterocycles. The Morgan fingerprint density at radius 3 is 2.53 bits per heavy atom. The second kappa shape index (κ2) is 3.38. The monoisotopic (exact) mass is 204 g/mol. The highest BCUT2D eigenvalue weighted by atomic mass is 16.2. The molecule has 1 atom stereocenters. The van der Waals surface area contributed by atoms with Gasteiger partial charge in [-0.1, -0.05) is 19.1 Å². The van der Waals surface area contributed by atoms with Gasteiger partial charge >= 0.3 is 0 Å². The van der Waals surface area contributed by atoms with Gasteiger partial charge in [0.2, 0.25) is 11.8 Å². The lowest BCUT2D eigenvalue weighted by Crippen LogP contribution is -2.30. The van der Waals surface area contributed by atoms with Gasteiger partial charge in [0.1, 0.15) is 0 Å². The SMILES string of the molecule is CC1CC(=O)N(c2ccccc2N)C1=O. The summed E-state index contributed by atoms with van der Waals surface area (Å²) in [6, 6.07) is 6.89. The number of nitrogen functional groups attached to an aromatic ring is 1. The number of imide groups is 1. The first-order valence-corrected chi connectivity index (χ1v) is 4.82. The number of amides is 2. The van der Waals surface area contributed by atoms with E-state index in [2.05, 4.69) is 0 Å². The van der Waals surface area contributed by atoms with E-state index in [9.17, 15) is 9.59 Å². The molecule has 0 saturated carbocycles. The van der Waals surface area contributed by atoms with Crippen LogP contribution in [0.15, 0.2) is 24.3 Å². The van der Waals surface area contributed by atoms with E-state index in [-0.39, 0.29) is 24.2 Å². The molecule has 1 aromatic carbocycles. The molecule has 4 heteroatoms. The molecule has 0 spiro atoms. The molecule has 2 amide bonds. The van der Waals surface area contributed by atoms with Gasteiger partial charge in [-0.25, -0.2) is 4.90 Å². The minimum Gasteiger partial charge on any atom is -0.397 e. The smallest absolute Gasteiger partial charge is 0.237 e. The van der Waals surface area contributed by atoms with Gasteiger partial charge in [-0.2, -0.15) is 0 Å². The minimum absolute atomic E-state index is 0.169. The fraction of sp³-hybridized carbons (Fsp3) is 0.273. The average Bonchev–Trinajstić information content (AvgIpc) is 2.43. The number of hydrogen-bond donors (Lipinski definition) is 1. The van der Waals surface area contributed by atoms with Gasteiger partial charge in [-0.05, 0) is 12.1 Å². The van der Waals surface area contributed by atoms with E-state index >= 15 is 0 Å². The van der Waals surface area contributed by atoms with E-state index < -0.39 is 0 Å². The van der Waals surface area contributed by atoms with Gasteiger partial charge in [0.15, 0.2) is 0 Å². The van der Waals surface area contributed by atoms with E-state index in [1.807, 2.05) is 0 Å². The predicted octanol–water partition coefficient (Wildman–Crippen LogP) is 1.17. The van der Waals surface area contributed by atoms with E-state index in [1.54, 1.807) is 31.2 Å². The fourth-order valence-electron chi connectivity index (χ4n) is 1.73. The first kappa shape index (κ1) is 9.71. The Labute approximate surface area is 87.7 Å². The molecule has 1 aliphatic heterocycles. The zero-order valence-electron chi connectivity index (χ0n) is 8.43. The van der Waals surface area contributed by atoms with Crippen molar-refractivity contribution in [3.05, 3.63) is 24.3 Å². The van der Waals surface area contributed by atoms with Gasteiger partial charge in [0.25, 0.3) is 0 Å². The summed E-state index contributed by atoms with van der Waals surface area (Å²) < 4.78 is 0. The fourth-order valence-corrected chi connectivity index (χ4v) is 1.73. The van der Waals surface area contributed by atoms with Crippen LogP contribution < -0.4 is 10.6 Å². The van der Waals surface area contributed by atoms with Crippen LogP contribution in [0.1, 0.15) is 13.3 Å². The Morgan fingerprint density at radius 2 is 2.00 bits per heavy atom. The maximum atomic E-state index is 11.7. The second-order valence-electron chi connectivity index (χ2n) is 3.73. The maximum Gasteiger partial charge on any atom is 0.237 e. The molecular formula is C11H12N2O2. The van der Waals surface area contributed by atoms with Crippen molar-refractivity contribution in [3.63, 3.8) is 0 Å². The molecule has 0 aromatic heterocycles. The van der Waals surface area contributed by atoms with Crippen molar-refractivity contribution in [2.24, 2.45) is 5.92 Å². The number of para-hydroxylation sites is 2. The summed E-state index contributed by atoms with van der Waals surface area (Å²) in [5.74, 6) is -0.583. The Morgan fingerprint density at radius 1 is 1.33 bits per heavy atom. The average molecular weight is 204 g/mol. The molecule has 78 valence electrons. The van der Waals surface area contributed by atoms with Crippen molar-refractivity contribution in [1.29, 1.82) is 0 Å². The Bertz CT molecular complexity index is 428. The predicted molar refractivity (Wildman–Crippen MR) is 57.1 cm³/mol. The standard InChI is InChI=1S/C11H12N2O2/c1-7-6-10(14)13(11(7)15)9-5-3-2-4-8(9)12/h2-5,7H,6,12H2,1H3. The lowest BCUT2D eigenvalue weighted by atomic mass is 10.1. The van der Waals surface area contributed by atoms with Crippen molar-refractivity contribution in [2.75, 3.05) is 10.6 Å². The number of carbonyl (C=O) groups is 2. The molecule has 2 rings (SSSR count).